The molecule has 0 spiro atoms. The fraction of sp³-hybridized carbons (Fsp3) is 0.533. The van der Waals surface area contributed by atoms with Crippen molar-refractivity contribution in [3.63, 3.8) is 0 Å². The second-order valence-electron chi connectivity index (χ2n) is 5.37. The molecule has 0 saturated carbocycles. The predicted octanol–water partition coefficient (Wildman–Crippen LogP) is 2.13. The third-order valence-electron chi connectivity index (χ3n) is 3.73. The molecule has 0 aliphatic carbocycles. The minimum absolute atomic E-state index is 0.131. The zero-order valence-corrected chi connectivity index (χ0v) is 11.6. The van der Waals surface area contributed by atoms with Gasteiger partial charge in [-0.15, -0.1) is 0 Å². The summed E-state index contributed by atoms with van der Waals surface area (Å²) in [5.41, 5.74) is 0.736. The average Bonchev–Trinajstić information content (AvgIpc) is 2.41. The van der Waals surface area contributed by atoms with Gasteiger partial charge in [0.2, 0.25) is 5.91 Å². The molecule has 1 aliphatic heterocycles. The van der Waals surface area contributed by atoms with Crippen LogP contribution in [0.25, 0.3) is 0 Å². The van der Waals surface area contributed by atoms with Crippen LogP contribution in [0.1, 0.15) is 18.4 Å². The number of rotatable bonds is 3. The van der Waals surface area contributed by atoms with E-state index in [1.54, 1.807) is 25.1 Å². The lowest BCUT2D eigenvalue weighted by Gasteiger charge is -2.32. The first-order valence-corrected chi connectivity index (χ1v) is 6.75. The van der Waals surface area contributed by atoms with E-state index in [9.17, 15) is 9.18 Å². The van der Waals surface area contributed by atoms with Crippen molar-refractivity contribution in [1.29, 1.82) is 0 Å². The third-order valence-corrected chi connectivity index (χ3v) is 3.73. The van der Waals surface area contributed by atoms with Gasteiger partial charge in [0, 0.05) is 32.1 Å². The summed E-state index contributed by atoms with van der Waals surface area (Å²) in [5.74, 6) is 0.200. The second kappa shape index (κ2) is 6.15. The Morgan fingerprint density at radius 3 is 2.53 bits per heavy atom. The summed E-state index contributed by atoms with van der Waals surface area (Å²) in [6.07, 6.45) is 1.73. The highest BCUT2D eigenvalue weighted by Gasteiger charge is 2.26. The second-order valence-corrected chi connectivity index (χ2v) is 5.37. The minimum atomic E-state index is -0.144. The molecule has 0 bridgehead atoms. The van der Waals surface area contributed by atoms with Crippen molar-refractivity contribution in [3.05, 3.63) is 35.6 Å². The first-order valence-electron chi connectivity index (χ1n) is 6.75. The zero-order chi connectivity index (χ0) is 13.8. The molecular weight excluding hydrogens is 243 g/mol. The van der Waals surface area contributed by atoms with E-state index in [-0.39, 0.29) is 17.6 Å². The maximum absolute atomic E-state index is 13.6. The Bertz CT molecular complexity index is 440. The van der Waals surface area contributed by atoms with Crippen molar-refractivity contribution >= 4 is 5.91 Å². The number of piperidine rings is 1. The molecule has 1 heterocycles. The number of carbonyl (C=O) groups is 1. The lowest BCUT2D eigenvalue weighted by Crippen LogP contribution is -2.39. The van der Waals surface area contributed by atoms with Gasteiger partial charge >= 0.3 is 0 Å². The maximum Gasteiger partial charge on any atom is 0.225 e. The van der Waals surface area contributed by atoms with Gasteiger partial charge in [0.05, 0.1) is 0 Å². The highest BCUT2D eigenvalue weighted by atomic mass is 19.1. The molecule has 0 N–H and O–H groups in total. The van der Waals surface area contributed by atoms with E-state index in [1.807, 2.05) is 12.1 Å². The van der Waals surface area contributed by atoms with E-state index in [2.05, 4.69) is 4.90 Å². The van der Waals surface area contributed by atoms with Gasteiger partial charge in [0.15, 0.2) is 0 Å². The first kappa shape index (κ1) is 14.0. The first-order chi connectivity index (χ1) is 9.08. The average molecular weight is 264 g/mol. The molecule has 1 aromatic rings. The lowest BCUT2D eigenvalue weighted by atomic mass is 9.95. The Balaban J connectivity index is 1.87. The molecule has 0 radical (unpaired) electrons. The van der Waals surface area contributed by atoms with Crippen LogP contribution in [0.15, 0.2) is 24.3 Å². The normalized spacial score (nSPS) is 17.4. The minimum Gasteiger partial charge on any atom is -0.349 e. The fourth-order valence-corrected chi connectivity index (χ4v) is 2.57. The van der Waals surface area contributed by atoms with Crippen LogP contribution in [-0.4, -0.2) is 42.9 Å². The molecule has 0 unspecified atom stereocenters. The molecular formula is C15H21FN2O. The Morgan fingerprint density at radius 2 is 1.95 bits per heavy atom. The van der Waals surface area contributed by atoms with Crippen molar-refractivity contribution in [1.82, 2.24) is 9.80 Å². The smallest absolute Gasteiger partial charge is 0.225 e. The Hall–Kier alpha value is -1.42. The standard InChI is InChI=1S/C15H21FN2O/c1-17(2)15(19)12-7-9-18(10-8-12)11-13-5-3-4-6-14(13)16/h3-6,12H,7-11H2,1-2H3. The predicted molar refractivity (Wildman–Crippen MR) is 73.1 cm³/mol. The number of nitrogens with zero attached hydrogens (tertiary/aromatic N) is 2. The quantitative estimate of drug-likeness (QED) is 0.835. The summed E-state index contributed by atoms with van der Waals surface area (Å²) < 4.78 is 13.6. The summed E-state index contributed by atoms with van der Waals surface area (Å²) in [5, 5.41) is 0. The van der Waals surface area contributed by atoms with Crippen molar-refractivity contribution < 1.29 is 9.18 Å². The number of hydrogen-bond acceptors (Lipinski definition) is 2. The van der Waals surface area contributed by atoms with Gasteiger partial charge in [-0.1, -0.05) is 18.2 Å². The van der Waals surface area contributed by atoms with E-state index in [1.165, 1.54) is 6.07 Å². The molecule has 0 aromatic heterocycles. The van der Waals surface area contributed by atoms with E-state index >= 15 is 0 Å². The van der Waals surface area contributed by atoms with Crippen LogP contribution < -0.4 is 0 Å². The van der Waals surface area contributed by atoms with Crippen LogP contribution in [0.4, 0.5) is 4.39 Å². The Morgan fingerprint density at radius 1 is 1.32 bits per heavy atom. The number of carbonyl (C=O) groups excluding carboxylic acids is 1. The molecule has 1 aliphatic rings. The number of hydrogen-bond donors (Lipinski definition) is 0. The highest BCUT2D eigenvalue weighted by molar-refractivity contribution is 5.78. The third kappa shape index (κ3) is 3.53. The van der Waals surface area contributed by atoms with Gasteiger partial charge in [0.1, 0.15) is 5.82 Å². The molecule has 4 heteroatoms. The van der Waals surface area contributed by atoms with Gasteiger partial charge in [-0.3, -0.25) is 9.69 Å². The number of likely N-dealkylation sites (tertiary alicyclic amines) is 1. The summed E-state index contributed by atoms with van der Waals surface area (Å²) in [7, 11) is 3.60. The van der Waals surface area contributed by atoms with Gasteiger partial charge in [-0.2, -0.15) is 0 Å². The van der Waals surface area contributed by atoms with Crippen LogP contribution >= 0.6 is 0 Å². The summed E-state index contributed by atoms with van der Waals surface area (Å²) in [4.78, 5) is 15.7. The molecule has 104 valence electrons. The van der Waals surface area contributed by atoms with Crippen molar-refractivity contribution in [2.45, 2.75) is 19.4 Å². The van der Waals surface area contributed by atoms with Crippen LogP contribution in [-0.2, 0) is 11.3 Å². The van der Waals surface area contributed by atoms with E-state index < -0.39 is 0 Å². The molecule has 1 fully saturated rings. The van der Waals surface area contributed by atoms with Crippen LogP contribution in [0.5, 0.6) is 0 Å². The monoisotopic (exact) mass is 264 g/mol. The molecule has 1 saturated heterocycles. The van der Waals surface area contributed by atoms with Crippen molar-refractivity contribution in [2.75, 3.05) is 27.2 Å². The van der Waals surface area contributed by atoms with Crippen LogP contribution in [0, 0.1) is 11.7 Å². The number of halogens is 1. The topological polar surface area (TPSA) is 23.6 Å². The molecule has 2 rings (SSSR count). The zero-order valence-electron chi connectivity index (χ0n) is 11.6. The molecule has 0 atom stereocenters. The van der Waals surface area contributed by atoms with Crippen molar-refractivity contribution in [3.8, 4) is 0 Å². The Kier molecular flexibility index (Phi) is 4.53. The van der Waals surface area contributed by atoms with Crippen LogP contribution in [0.2, 0.25) is 0 Å². The molecule has 19 heavy (non-hydrogen) atoms. The SMILES string of the molecule is CN(C)C(=O)C1CCN(Cc2ccccc2F)CC1. The molecule has 3 nitrogen and oxygen atoms in total. The molecule has 1 aromatic carbocycles. The van der Waals surface area contributed by atoms with Gasteiger partial charge < -0.3 is 4.90 Å². The van der Waals surface area contributed by atoms with Crippen LogP contribution in [0.3, 0.4) is 0 Å². The van der Waals surface area contributed by atoms with E-state index in [0.29, 0.717) is 6.54 Å². The fourth-order valence-electron chi connectivity index (χ4n) is 2.57. The van der Waals surface area contributed by atoms with Gasteiger partial charge in [-0.25, -0.2) is 4.39 Å². The summed E-state index contributed by atoms with van der Waals surface area (Å²) in [6, 6.07) is 6.89. The largest absolute Gasteiger partial charge is 0.349 e. The van der Waals surface area contributed by atoms with E-state index in [4.69, 9.17) is 0 Å². The number of amides is 1. The Labute approximate surface area is 114 Å². The van der Waals surface area contributed by atoms with Gasteiger partial charge in [0.25, 0.3) is 0 Å². The maximum atomic E-state index is 13.6. The van der Waals surface area contributed by atoms with Gasteiger partial charge in [-0.05, 0) is 32.0 Å². The lowest BCUT2D eigenvalue weighted by molar-refractivity contribution is -0.134. The number of benzene rings is 1. The molecule has 1 amide bonds. The van der Waals surface area contributed by atoms with E-state index in [0.717, 1.165) is 31.5 Å². The highest BCUT2D eigenvalue weighted by Crippen LogP contribution is 2.21. The summed E-state index contributed by atoms with van der Waals surface area (Å²) in [6.45, 7) is 2.35. The summed E-state index contributed by atoms with van der Waals surface area (Å²) >= 11 is 0. The van der Waals surface area contributed by atoms with Crippen molar-refractivity contribution in [2.24, 2.45) is 5.92 Å².